The summed E-state index contributed by atoms with van der Waals surface area (Å²) in [7, 11) is 1.85. The first-order valence-corrected chi connectivity index (χ1v) is 8.08. The first kappa shape index (κ1) is 16.5. The molecule has 1 aromatic heterocycles. The van der Waals surface area contributed by atoms with Crippen molar-refractivity contribution in [2.45, 2.75) is 46.2 Å². The van der Waals surface area contributed by atoms with Crippen LogP contribution in [0.15, 0.2) is 41.2 Å². The molecule has 3 heteroatoms. The van der Waals surface area contributed by atoms with Crippen LogP contribution in [0.3, 0.4) is 0 Å². The van der Waals surface area contributed by atoms with E-state index < -0.39 is 0 Å². The van der Waals surface area contributed by atoms with Gasteiger partial charge < -0.3 is 9.88 Å². The van der Waals surface area contributed by atoms with Crippen LogP contribution in [0.5, 0.6) is 0 Å². The number of hydrogen-bond donors (Lipinski definition) is 1. The van der Waals surface area contributed by atoms with E-state index in [4.69, 9.17) is 0 Å². The zero-order valence-electron chi connectivity index (χ0n) is 14.0. The molecule has 1 aromatic carbocycles. The summed E-state index contributed by atoms with van der Waals surface area (Å²) >= 11 is 0. The molecule has 118 valence electrons. The Kier molecular flexibility index (Phi) is 5.56. The summed E-state index contributed by atoms with van der Waals surface area (Å²) in [4.78, 5) is 12.5. The van der Waals surface area contributed by atoms with Gasteiger partial charge in [0.1, 0.15) is 0 Å². The molecule has 0 spiro atoms. The van der Waals surface area contributed by atoms with Crippen LogP contribution in [0.1, 0.15) is 38.3 Å². The molecule has 0 aliphatic carbocycles. The summed E-state index contributed by atoms with van der Waals surface area (Å²) in [6.45, 7) is 7.04. The SMILES string of the molecule is CCc1ccc(-c2ccc(CNC(C)CC)c(=O)n2C)cc1. The highest BCUT2D eigenvalue weighted by Crippen LogP contribution is 2.18. The average Bonchev–Trinajstić information content (AvgIpc) is 2.56. The van der Waals surface area contributed by atoms with Crippen molar-refractivity contribution in [3.05, 3.63) is 57.9 Å². The number of rotatable bonds is 6. The molecule has 1 N–H and O–H groups in total. The van der Waals surface area contributed by atoms with Gasteiger partial charge in [-0.15, -0.1) is 0 Å². The third-order valence-corrected chi connectivity index (χ3v) is 4.29. The minimum absolute atomic E-state index is 0.0767. The first-order valence-electron chi connectivity index (χ1n) is 8.08. The monoisotopic (exact) mass is 298 g/mol. The summed E-state index contributed by atoms with van der Waals surface area (Å²) < 4.78 is 1.74. The lowest BCUT2D eigenvalue weighted by molar-refractivity contribution is 0.531. The smallest absolute Gasteiger partial charge is 0.255 e. The average molecular weight is 298 g/mol. The lowest BCUT2D eigenvalue weighted by Gasteiger charge is -2.14. The van der Waals surface area contributed by atoms with E-state index in [1.54, 1.807) is 4.57 Å². The second-order valence-corrected chi connectivity index (χ2v) is 5.85. The molecule has 0 amide bonds. The number of benzene rings is 1. The van der Waals surface area contributed by atoms with Gasteiger partial charge in [0.25, 0.3) is 5.56 Å². The Balaban J connectivity index is 2.27. The number of nitrogens with one attached hydrogen (secondary N) is 1. The molecule has 0 bridgehead atoms. The molecular formula is C19H26N2O. The van der Waals surface area contributed by atoms with Gasteiger partial charge in [-0.1, -0.05) is 44.2 Å². The Morgan fingerprint density at radius 1 is 1.09 bits per heavy atom. The van der Waals surface area contributed by atoms with Crippen molar-refractivity contribution in [3.8, 4) is 11.3 Å². The number of pyridine rings is 1. The Morgan fingerprint density at radius 2 is 1.77 bits per heavy atom. The number of aromatic nitrogens is 1. The van der Waals surface area contributed by atoms with Crippen LogP contribution in [0.4, 0.5) is 0 Å². The molecule has 1 unspecified atom stereocenters. The summed E-state index contributed by atoms with van der Waals surface area (Å²) in [6.07, 6.45) is 2.08. The van der Waals surface area contributed by atoms with Crippen molar-refractivity contribution >= 4 is 0 Å². The lowest BCUT2D eigenvalue weighted by atomic mass is 10.1. The molecular weight excluding hydrogens is 272 g/mol. The predicted molar refractivity (Wildman–Crippen MR) is 93.1 cm³/mol. The van der Waals surface area contributed by atoms with Crippen molar-refractivity contribution in [1.29, 1.82) is 0 Å². The maximum Gasteiger partial charge on any atom is 0.255 e. The molecule has 1 heterocycles. The van der Waals surface area contributed by atoms with Gasteiger partial charge in [-0.25, -0.2) is 0 Å². The van der Waals surface area contributed by atoms with Gasteiger partial charge in [-0.05, 0) is 37.0 Å². The molecule has 3 nitrogen and oxygen atoms in total. The fourth-order valence-corrected chi connectivity index (χ4v) is 2.45. The van der Waals surface area contributed by atoms with Crippen LogP contribution in [-0.4, -0.2) is 10.6 Å². The minimum atomic E-state index is 0.0767. The molecule has 0 aliphatic rings. The van der Waals surface area contributed by atoms with Crippen molar-refractivity contribution in [2.75, 3.05) is 0 Å². The molecule has 2 aromatic rings. The summed E-state index contributed by atoms with van der Waals surface area (Å²) in [5, 5.41) is 3.38. The van der Waals surface area contributed by atoms with Crippen molar-refractivity contribution in [2.24, 2.45) is 7.05 Å². The largest absolute Gasteiger partial charge is 0.311 e. The van der Waals surface area contributed by atoms with E-state index in [0.717, 1.165) is 29.7 Å². The third kappa shape index (κ3) is 3.66. The van der Waals surface area contributed by atoms with Gasteiger partial charge in [-0.3, -0.25) is 4.79 Å². The normalized spacial score (nSPS) is 12.4. The maximum absolute atomic E-state index is 12.5. The summed E-state index contributed by atoms with van der Waals surface area (Å²) in [5.74, 6) is 0. The topological polar surface area (TPSA) is 34.0 Å². The molecule has 2 rings (SSSR count). The molecule has 0 fully saturated rings. The van der Waals surface area contributed by atoms with Crippen molar-refractivity contribution in [1.82, 2.24) is 9.88 Å². The first-order chi connectivity index (χ1) is 10.6. The molecule has 0 aliphatic heterocycles. The molecule has 0 radical (unpaired) electrons. The third-order valence-electron chi connectivity index (χ3n) is 4.29. The van der Waals surface area contributed by atoms with E-state index in [9.17, 15) is 4.79 Å². The zero-order chi connectivity index (χ0) is 16.1. The van der Waals surface area contributed by atoms with E-state index in [-0.39, 0.29) is 5.56 Å². The molecule has 22 heavy (non-hydrogen) atoms. The molecule has 0 saturated heterocycles. The Bertz CT molecular complexity index is 671. The van der Waals surface area contributed by atoms with E-state index in [1.807, 2.05) is 19.2 Å². The van der Waals surface area contributed by atoms with Crippen LogP contribution in [0.2, 0.25) is 0 Å². The number of hydrogen-bond acceptors (Lipinski definition) is 2. The van der Waals surface area contributed by atoms with Crippen LogP contribution >= 0.6 is 0 Å². The fourth-order valence-electron chi connectivity index (χ4n) is 2.45. The number of nitrogens with zero attached hydrogens (tertiary/aromatic N) is 1. The predicted octanol–water partition coefficient (Wildman–Crippen LogP) is 3.50. The zero-order valence-corrected chi connectivity index (χ0v) is 14.0. The van der Waals surface area contributed by atoms with E-state index in [2.05, 4.69) is 50.4 Å². The second kappa shape index (κ2) is 7.41. The van der Waals surface area contributed by atoms with Crippen LogP contribution in [-0.2, 0) is 20.0 Å². The van der Waals surface area contributed by atoms with Gasteiger partial charge >= 0.3 is 0 Å². The highest BCUT2D eigenvalue weighted by atomic mass is 16.1. The molecule has 0 saturated carbocycles. The Hall–Kier alpha value is -1.87. The van der Waals surface area contributed by atoms with Crippen LogP contribution in [0.25, 0.3) is 11.3 Å². The summed E-state index contributed by atoms with van der Waals surface area (Å²) in [6, 6.07) is 12.8. The highest BCUT2D eigenvalue weighted by molar-refractivity contribution is 5.60. The van der Waals surface area contributed by atoms with E-state index >= 15 is 0 Å². The van der Waals surface area contributed by atoms with Gasteiger partial charge in [0, 0.05) is 25.2 Å². The van der Waals surface area contributed by atoms with E-state index in [1.165, 1.54) is 5.56 Å². The quantitative estimate of drug-likeness (QED) is 0.885. The Morgan fingerprint density at radius 3 is 2.36 bits per heavy atom. The summed E-state index contributed by atoms with van der Waals surface area (Å²) in [5.41, 5.74) is 4.24. The van der Waals surface area contributed by atoms with Crippen LogP contribution in [0, 0.1) is 0 Å². The van der Waals surface area contributed by atoms with Gasteiger partial charge in [-0.2, -0.15) is 0 Å². The standard InChI is InChI=1S/C19H26N2O/c1-5-14(3)20-13-17-11-12-18(21(4)19(17)22)16-9-7-15(6-2)8-10-16/h7-12,14,20H,5-6,13H2,1-4H3. The molecule has 1 atom stereocenters. The Labute approximate surface area is 133 Å². The minimum Gasteiger partial charge on any atom is -0.311 e. The second-order valence-electron chi connectivity index (χ2n) is 5.85. The van der Waals surface area contributed by atoms with Gasteiger partial charge in [0.05, 0.1) is 5.69 Å². The van der Waals surface area contributed by atoms with Crippen LogP contribution < -0.4 is 10.9 Å². The maximum atomic E-state index is 12.5. The number of aryl methyl sites for hydroxylation is 1. The fraction of sp³-hybridized carbons (Fsp3) is 0.421. The van der Waals surface area contributed by atoms with Crippen molar-refractivity contribution < 1.29 is 0 Å². The highest BCUT2D eigenvalue weighted by Gasteiger charge is 2.08. The van der Waals surface area contributed by atoms with Gasteiger partial charge in [0.2, 0.25) is 0 Å². The lowest BCUT2D eigenvalue weighted by Crippen LogP contribution is -2.30. The van der Waals surface area contributed by atoms with Crippen molar-refractivity contribution in [3.63, 3.8) is 0 Å². The van der Waals surface area contributed by atoms with E-state index in [0.29, 0.717) is 12.6 Å². The van der Waals surface area contributed by atoms with Gasteiger partial charge in [0.15, 0.2) is 0 Å².